The molecule has 0 saturated carbocycles. The van der Waals surface area contributed by atoms with Crippen LogP contribution in [0.25, 0.3) is 0 Å². The van der Waals surface area contributed by atoms with Crippen molar-refractivity contribution < 1.29 is 4.48 Å². The molecule has 0 fully saturated rings. The highest BCUT2D eigenvalue weighted by atomic mass is 15.3. The van der Waals surface area contributed by atoms with Crippen molar-refractivity contribution in [3.8, 4) is 0 Å². The summed E-state index contributed by atoms with van der Waals surface area (Å²) in [6.45, 7) is 8.62. The summed E-state index contributed by atoms with van der Waals surface area (Å²) in [4.78, 5) is 4.02. The van der Waals surface area contributed by atoms with Crippen molar-refractivity contribution in [2.24, 2.45) is 4.99 Å². The molecule has 0 heterocycles. The summed E-state index contributed by atoms with van der Waals surface area (Å²) in [6.07, 6.45) is 1.08. The molecule has 0 aromatic heterocycles. The van der Waals surface area contributed by atoms with Gasteiger partial charge in [-0.2, -0.15) is 0 Å². The van der Waals surface area contributed by atoms with Crippen molar-refractivity contribution in [3.63, 3.8) is 0 Å². The first kappa shape index (κ1) is 16.6. The van der Waals surface area contributed by atoms with E-state index in [4.69, 9.17) is 0 Å². The standard InChI is InChI=1S/C15H23N2.CH4/c1-5-16-11-6-12-17(3,4)13-15-9-7-14(2)8-10-15;/h7-10H,1,6,11-13H2,2-4H3;1H4/q+1;. The quantitative estimate of drug-likeness (QED) is 0.415. The first-order chi connectivity index (χ1) is 8.03. The summed E-state index contributed by atoms with van der Waals surface area (Å²) >= 11 is 0. The molecule has 0 saturated heterocycles. The Morgan fingerprint density at radius 2 is 1.83 bits per heavy atom. The number of aryl methyl sites for hydroxylation is 1. The van der Waals surface area contributed by atoms with E-state index >= 15 is 0 Å². The van der Waals surface area contributed by atoms with Gasteiger partial charge in [0.25, 0.3) is 0 Å². The fourth-order valence-corrected chi connectivity index (χ4v) is 1.92. The summed E-state index contributed by atoms with van der Waals surface area (Å²) in [7, 11) is 4.52. The van der Waals surface area contributed by atoms with Crippen molar-refractivity contribution in [1.82, 2.24) is 0 Å². The number of benzene rings is 1. The molecule has 0 radical (unpaired) electrons. The molecule has 0 amide bonds. The van der Waals surface area contributed by atoms with E-state index in [0.29, 0.717) is 0 Å². The smallest absolute Gasteiger partial charge is 0.104 e. The van der Waals surface area contributed by atoms with Crippen molar-refractivity contribution >= 4 is 5.87 Å². The van der Waals surface area contributed by atoms with Crippen LogP contribution in [-0.2, 0) is 6.54 Å². The van der Waals surface area contributed by atoms with E-state index in [1.807, 2.05) is 0 Å². The molecule has 1 rings (SSSR count). The maximum Gasteiger partial charge on any atom is 0.104 e. The molecule has 0 bridgehead atoms. The van der Waals surface area contributed by atoms with Crippen LogP contribution in [0.3, 0.4) is 0 Å². The minimum Gasteiger partial charge on any atom is -0.325 e. The molecule has 1 aromatic rings. The van der Waals surface area contributed by atoms with E-state index in [9.17, 15) is 0 Å². The van der Waals surface area contributed by atoms with E-state index in [1.54, 1.807) is 0 Å². The van der Waals surface area contributed by atoms with E-state index in [0.717, 1.165) is 30.5 Å². The highest BCUT2D eigenvalue weighted by Crippen LogP contribution is 2.11. The van der Waals surface area contributed by atoms with Gasteiger partial charge < -0.3 is 4.48 Å². The Hall–Kier alpha value is -1.37. The predicted octanol–water partition coefficient (Wildman–Crippen LogP) is 3.45. The Labute approximate surface area is 112 Å². The third kappa shape index (κ3) is 6.39. The van der Waals surface area contributed by atoms with E-state index in [-0.39, 0.29) is 7.43 Å². The number of rotatable bonds is 6. The van der Waals surface area contributed by atoms with Crippen molar-refractivity contribution in [2.45, 2.75) is 27.3 Å². The van der Waals surface area contributed by atoms with Crippen LogP contribution in [-0.4, -0.2) is 37.5 Å². The van der Waals surface area contributed by atoms with Gasteiger partial charge in [0.1, 0.15) is 6.54 Å². The lowest BCUT2D eigenvalue weighted by molar-refractivity contribution is -0.903. The molecule has 0 spiro atoms. The number of hydrogen-bond donors (Lipinski definition) is 0. The third-order valence-electron chi connectivity index (χ3n) is 2.88. The minimum absolute atomic E-state index is 0. The number of aliphatic imine (C=N–C) groups is 1. The fraction of sp³-hybridized carbons (Fsp3) is 0.500. The van der Waals surface area contributed by atoms with Crippen LogP contribution >= 0.6 is 0 Å². The summed E-state index contributed by atoms with van der Waals surface area (Å²) in [5, 5.41) is 0. The summed E-state index contributed by atoms with van der Waals surface area (Å²) < 4.78 is 0.996. The molecule has 0 atom stereocenters. The second-order valence-electron chi connectivity index (χ2n) is 5.20. The topological polar surface area (TPSA) is 12.4 Å². The van der Waals surface area contributed by atoms with Crippen molar-refractivity contribution in [1.29, 1.82) is 0 Å². The van der Waals surface area contributed by atoms with Crippen LogP contribution in [0.4, 0.5) is 0 Å². The Morgan fingerprint density at radius 3 is 2.39 bits per heavy atom. The monoisotopic (exact) mass is 247 g/mol. The van der Waals surface area contributed by atoms with Gasteiger partial charge in [-0.25, -0.2) is 4.99 Å². The molecule has 2 heteroatoms. The third-order valence-corrected chi connectivity index (χ3v) is 2.88. The molecule has 0 unspecified atom stereocenters. The van der Waals surface area contributed by atoms with Crippen molar-refractivity contribution in [3.05, 3.63) is 42.0 Å². The maximum absolute atomic E-state index is 4.02. The van der Waals surface area contributed by atoms with Gasteiger partial charge in [-0.05, 0) is 19.4 Å². The minimum atomic E-state index is 0. The molecule has 0 N–H and O–H groups in total. The lowest BCUT2D eigenvalue weighted by Gasteiger charge is -2.29. The molecule has 2 nitrogen and oxygen atoms in total. The molecule has 0 aliphatic rings. The summed E-state index contributed by atoms with van der Waals surface area (Å²) in [5.41, 5.74) is 2.71. The van der Waals surface area contributed by atoms with Gasteiger partial charge in [-0.3, -0.25) is 0 Å². The molecule has 0 aliphatic heterocycles. The molecular weight excluding hydrogens is 220 g/mol. The SMILES string of the molecule is C.C=C=NCCC[N+](C)(C)Cc1ccc(C)cc1. The second kappa shape index (κ2) is 7.86. The largest absolute Gasteiger partial charge is 0.325 e. The Kier molecular flexibility index (Phi) is 7.26. The van der Waals surface area contributed by atoms with Crippen LogP contribution in [0.2, 0.25) is 0 Å². The molecule has 0 aliphatic carbocycles. The first-order valence-electron chi connectivity index (χ1n) is 6.10. The average molecular weight is 247 g/mol. The summed E-state index contributed by atoms with van der Waals surface area (Å²) in [6, 6.07) is 8.79. The molecule has 18 heavy (non-hydrogen) atoms. The second-order valence-corrected chi connectivity index (χ2v) is 5.20. The van der Waals surface area contributed by atoms with Crippen LogP contribution in [0.5, 0.6) is 0 Å². The van der Waals surface area contributed by atoms with Gasteiger partial charge in [0, 0.05) is 12.0 Å². The van der Waals surface area contributed by atoms with Crippen molar-refractivity contribution in [2.75, 3.05) is 27.2 Å². The first-order valence-corrected chi connectivity index (χ1v) is 6.10. The lowest BCUT2D eigenvalue weighted by atomic mass is 10.1. The zero-order chi connectivity index (χ0) is 12.7. The van der Waals surface area contributed by atoms with Gasteiger partial charge in [-0.15, -0.1) is 0 Å². The highest BCUT2D eigenvalue weighted by molar-refractivity contribution is 5.46. The lowest BCUT2D eigenvalue weighted by Crippen LogP contribution is -2.39. The van der Waals surface area contributed by atoms with E-state index < -0.39 is 0 Å². The van der Waals surface area contributed by atoms with Gasteiger partial charge in [0.05, 0.1) is 27.2 Å². The highest BCUT2D eigenvalue weighted by Gasteiger charge is 2.14. The van der Waals surface area contributed by atoms with Gasteiger partial charge >= 0.3 is 0 Å². The van der Waals surface area contributed by atoms with Crippen LogP contribution in [0.1, 0.15) is 25.0 Å². The Morgan fingerprint density at radius 1 is 1.22 bits per heavy atom. The molecule has 1 aromatic carbocycles. The molecule has 100 valence electrons. The van der Waals surface area contributed by atoms with E-state index in [1.165, 1.54) is 11.1 Å². The normalized spacial score (nSPS) is 10.4. The maximum atomic E-state index is 4.02. The Bertz CT molecular complexity index is 384. The molecular formula is C16H27N2+. The number of quaternary nitrogens is 1. The fourth-order valence-electron chi connectivity index (χ4n) is 1.92. The van der Waals surface area contributed by atoms with Gasteiger partial charge in [0.15, 0.2) is 0 Å². The Balaban J connectivity index is 0.00000289. The number of nitrogens with zero attached hydrogens (tertiary/aromatic N) is 2. The van der Waals surface area contributed by atoms with E-state index in [2.05, 4.69) is 62.7 Å². The van der Waals surface area contributed by atoms with Gasteiger partial charge in [-0.1, -0.05) is 37.3 Å². The van der Waals surface area contributed by atoms with Gasteiger partial charge in [0.2, 0.25) is 0 Å². The number of hydrogen-bond acceptors (Lipinski definition) is 1. The van der Waals surface area contributed by atoms with Crippen LogP contribution in [0.15, 0.2) is 35.8 Å². The van der Waals surface area contributed by atoms with Crippen LogP contribution in [0, 0.1) is 6.92 Å². The van der Waals surface area contributed by atoms with Crippen LogP contribution < -0.4 is 0 Å². The average Bonchev–Trinajstić information content (AvgIpc) is 2.27. The zero-order valence-corrected chi connectivity index (χ0v) is 11.2. The zero-order valence-electron chi connectivity index (χ0n) is 11.2. The predicted molar refractivity (Wildman–Crippen MR) is 81.1 cm³/mol. The summed E-state index contributed by atoms with van der Waals surface area (Å²) in [5.74, 6) is 2.58.